The molecule has 0 aromatic heterocycles. The standard InChI is InChI=1S/C11H12F2O2/c1-2-7(5-11(14)15)8-3-9(12)6-10(13)4-8/h3-4,6-7H,2,5H2,1H3,(H,14,15). The normalized spacial score (nSPS) is 12.5. The summed E-state index contributed by atoms with van der Waals surface area (Å²) in [4.78, 5) is 10.5. The summed E-state index contributed by atoms with van der Waals surface area (Å²) in [6.45, 7) is 1.79. The zero-order valence-corrected chi connectivity index (χ0v) is 8.34. The van der Waals surface area contributed by atoms with Crippen LogP contribution in [-0.4, -0.2) is 11.1 Å². The lowest BCUT2D eigenvalue weighted by atomic mass is 9.93. The van der Waals surface area contributed by atoms with E-state index in [9.17, 15) is 13.6 Å². The van der Waals surface area contributed by atoms with E-state index >= 15 is 0 Å². The molecule has 0 amide bonds. The quantitative estimate of drug-likeness (QED) is 0.836. The van der Waals surface area contributed by atoms with Gasteiger partial charge in [0.2, 0.25) is 0 Å². The number of carbonyl (C=O) groups is 1. The number of aliphatic carboxylic acids is 1. The summed E-state index contributed by atoms with van der Waals surface area (Å²) in [5, 5.41) is 8.63. The highest BCUT2D eigenvalue weighted by Crippen LogP contribution is 2.24. The number of hydrogen-bond donors (Lipinski definition) is 1. The third-order valence-electron chi connectivity index (χ3n) is 2.27. The van der Waals surface area contributed by atoms with Crippen molar-refractivity contribution in [3.63, 3.8) is 0 Å². The lowest BCUT2D eigenvalue weighted by molar-refractivity contribution is -0.137. The monoisotopic (exact) mass is 214 g/mol. The molecule has 0 aliphatic heterocycles. The Morgan fingerprint density at radius 3 is 2.27 bits per heavy atom. The van der Waals surface area contributed by atoms with Crippen LogP contribution in [0.3, 0.4) is 0 Å². The molecule has 0 aliphatic rings. The van der Waals surface area contributed by atoms with Crippen LogP contribution in [-0.2, 0) is 4.79 Å². The third kappa shape index (κ3) is 3.31. The van der Waals surface area contributed by atoms with Gasteiger partial charge in [-0.05, 0) is 30.0 Å². The Labute approximate surface area is 86.5 Å². The molecule has 1 unspecified atom stereocenters. The SMILES string of the molecule is CCC(CC(=O)O)c1cc(F)cc(F)c1. The number of benzene rings is 1. The second-order valence-corrected chi connectivity index (χ2v) is 3.41. The Kier molecular flexibility index (Phi) is 3.77. The number of halogens is 2. The number of rotatable bonds is 4. The van der Waals surface area contributed by atoms with Crippen LogP contribution < -0.4 is 0 Å². The van der Waals surface area contributed by atoms with Crippen molar-refractivity contribution in [3.8, 4) is 0 Å². The van der Waals surface area contributed by atoms with Crippen molar-refractivity contribution < 1.29 is 18.7 Å². The molecule has 1 aromatic rings. The van der Waals surface area contributed by atoms with Gasteiger partial charge in [0.1, 0.15) is 11.6 Å². The van der Waals surface area contributed by atoms with Crippen molar-refractivity contribution in [1.29, 1.82) is 0 Å². The molecule has 1 aromatic carbocycles. The highest BCUT2D eigenvalue weighted by molar-refractivity contribution is 5.68. The van der Waals surface area contributed by atoms with Crippen LogP contribution in [0.25, 0.3) is 0 Å². The van der Waals surface area contributed by atoms with Crippen LogP contribution in [0.4, 0.5) is 8.78 Å². The first-order valence-corrected chi connectivity index (χ1v) is 4.70. The van der Waals surface area contributed by atoms with E-state index in [4.69, 9.17) is 5.11 Å². The number of hydrogen-bond acceptors (Lipinski definition) is 1. The lowest BCUT2D eigenvalue weighted by Gasteiger charge is -2.12. The Morgan fingerprint density at radius 1 is 1.33 bits per heavy atom. The van der Waals surface area contributed by atoms with E-state index in [1.165, 1.54) is 12.1 Å². The molecular weight excluding hydrogens is 202 g/mol. The van der Waals surface area contributed by atoms with Gasteiger partial charge in [-0.3, -0.25) is 4.79 Å². The Hall–Kier alpha value is -1.45. The molecule has 0 fully saturated rings. The van der Waals surface area contributed by atoms with Crippen molar-refractivity contribution in [2.75, 3.05) is 0 Å². The third-order valence-corrected chi connectivity index (χ3v) is 2.27. The lowest BCUT2D eigenvalue weighted by Crippen LogP contribution is -2.06. The average molecular weight is 214 g/mol. The largest absolute Gasteiger partial charge is 0.481 e. The first-order valence-electron chi connectivity index (χ1n) is 4.70. The molecule has 0 heterocycles. The fourth-order valence-corrected chi connectivity index (χ4v) is 1.52. The first kappa shape index (κ1) is 11.6. The highest BCUT2D eigenvalue weighted by Gasteiger charge is 2.15. The van der Waals surface area contributed by atoms with E-state index < -0.39 is 17.6 Å². The highest BCUT2D eigenvalue weighted by atomic mass is 19.1. The molecule has 0 spiro atoms. The molecule has 1 rings (SSSR count). The number of carboxylic acid groups (broad SMARTS) is 1. The molecule has 0 radical (unpaired) electrons. The van der Waals surface area contributed by atoms with E-state index in [1.807, 2.05) is 0 Å². The van der Waals surface area contributed by atoms with E-state index in [2.05, 4.69) is 0 Å². The average Bonchev–Trinajstić information content (AvgIpc) is 2.12. The maximum Gasteiger partial charge on any atom is 0.303 e. The zero-order chi connectivity index (χ0) is 11.4. The number of carboxylic acids is 1. The Morgan fingerprint density at radius 2 is 1.87 bits per heavy atom. The van der Waals surface area contributed by atoms with Crippen LogP contribution in [0.15, 0.2) is 18.2 Å². The fraction of sp³-hybridized carbons (Fsp3) is 0.364. The van der Waals surface area contributed by atoms with Gasteiger partial charge in [-0.25, -0.2) is 8.78 Å². The Balaban J connectivity index is 2.95. The summed E-state index contributed by atoms with van der Waals surface area (Å²) >= 11 is 0. The summed E-state index contributed by atoms with van der Waals surface area (Å²) < 4.78 is 25.7. The van der Waals surface area contributed by atoms with Gasteiger partial charge in [-0.1, -0.05) is 6.92 Å². The van der Waals surface area contributed by atoms with Crippen LogP contribution in [0, 0.1) is 11.6 Å². The smallest absolute Gasteiger partial charge is 0.303 e. The van der Waals surface area contributed by atoms with E-state index in [1.54, 1.807) is 6.92 Å². The molecule has 1 N–H and O–H groups in total. The maximum absolute atomic E-state index is 12.9. The first-order chi connectivity index (χ1) is 7.02. The van der Waals surface area contributed by atoms with Crippen molar-refractivity contribution in [1.82, 2.24) is 0 Å². The summed E-state index contributed by atoms with van der Waals surface area (Å²) in [6.07, 6.45) is 0.425. The summed E-state index contributed by atoms with van der Waals surface area (Å²) in [5.41, 5.74) is 0.400. The van der Waals surface area contributed by atoms with Crippen molar-refractivity contribution in [3.05, 3.63) is 35.4 Å². The van der Waals surface area contributed by atoms with Crippen molar-refractivity contribution in [2.24, 2.45) is 0 Å². The molecule has 1 atom stereocenters. The van der Waals surface area contributed by atoms with Gasteiger partial charge < -0.3 is 5.11 Å². The maximum atomic E-state index is 12.9. The van der Waals surface area contributed by atoms with E-state index in [-0.39, 0.29) is 12.3 Å². The molecule has 0 saturated carbocycles. The molecule has 0 aliphatic carbocycles. The van der Waals surface area contributed by atoms with Crippen LogP contribution in [0.2, 0.25) is 0 Å². The fourth-order valence-electron chi connectivity index (χ4n) is 1.52. The van der Waals surface area contributed by atoms with Crippen LogP contribution in [0.5, 0.6) is 0 Å². The second-order valence-electron chi connectivity index (χ2n) is 3.41. The molecule has 15 heavy (non-hydrogen) atoms. The molecular formula is C11H12F2O2. The van der Waals surface area contributed by atoms with Gasteiger partial charge in [0, 0.05) is 6.07 Å². The second kappa shape index (κ2) is 4.87. The predicted octanol–water partition coefficient (Wildman–Crippen LogP) is 2.93. The summed E-state index contributed by atoms with van der Waals surface area (Å²) in [5.74, 6) is -2.65. The predicted molar refractivity (Wildman–Crippen MR) is 51.6 cm³/mol. The molecule has 82 valence electrons. The topological polar surface area (TPSA) is 37.3 Å². The summed E-state index contributed by atoms with van der Waals surface area (Å²) in [7, 11) is 0. The molecule has 0 saturated heterocycles. The van der Waals surface area contributed by atoms with E-state index in [0.717, 1.165) is 6.07 Å². The van der Waals surface area contributed by atoms with Crippen LogP contribution >= 0.6 is 0 Å². The van der Waals surface area contributed by atoms with Gasteiger partial charge in [0.25, 0.3) is 0 Å². The van der Waals surface area contributed by atoms with Crippen molar-refractivity contribution in [2.45, 2.75) is 25.7 Å². The molecule has 2 nitrogen and oxygen atoms in total. The van der Waals surface area contributed by atoms with Gasteiger partial charge in [0.05, 0.1) is 6.42 Å². The van der Waals surface area contributed by atoms with Gasteiger partial charge >= 0.3 is 5.97 Å². The molecule has 4 heteroatoms. The van der Waals surface area contributed by atoms with E-state index in [0.29, 0.717) is 12.0 Å². The van der Waals surface area contributed by atoms with Gasteiger partial charge in [0.15, 0.2) is 0 Å². The minimum atomic E-state index is -0.966. The van der Waals surface area contributed by atoms with Crippen LogP contribution in [0.1, 0.15) is 31.2 Å². The zero-order valence-electron chi connectivity index (χ0n) is 8.34. The minimum Gasteiger partial charge on any atom is -0.481 e. The summed E-state index contributed by atoms with van der Waals surface area (Å²) in [6, 6.07) is 3.14. The van der Waals surface area contributed by atoms with Gasteiger partial charge in [-0.2, -0.15) is 0 Å². The van der Waals surface area contributed by atoms with Crippen molar-refractivity contribution >= 4 is 5.97 Å². The Bertz CT molecular complexity index is 343. The van der Waals surface area contributed by atoms with Gasteiger partial charge in [-0.15, -0.1) is 0 Å². The minimum absolute atomic E-state index is 0.112. The molecule has 0 bridgehead atoms.